The Bertz CT molecular complexity index is 896. The van der Waals surface area contributed by atoms with Crippen molar-refractivity contribution in [1.82, 2.24) is 15.5 Å². The fourth-order valence-electron chi connectivity index (χ4n) is 3.84. The van der Waals surface area contributed by atoms with Crippen LogP contribution < -0.4 is 15.5 Å². The summed E-state index contributed by atoms with van der Waals surface area (Å²) in [6, 6.07) is 13.3. The lowest BCUT2D eigenvalue weighted by Gasteiger charge is -2.19. The molecule has 0 bridgehead atoms. The molecule has 0 unspecified atom stereocenters. The van der Waals surface area contributed by atoms with Crippen molar-refractivity contribution in [3.63, 3.8) is 0 Å². The summed E-state index contributed by atoms with van der Waals surface area (Å²) in [6.45, 7) is 5.84. The lowest BCUT2D eigenvalue weighted by atomic mass is 10.0. The zero-order valence-electron chi connectivity index (χ0n) is 16.1. The Labute approximate surface area is 164 Å². The molecule has 7 nitrogen and oxygen atoms in total. The summed E-state index contributed by atoms with van der Waals surface area (Å²) < 4.78 is 0. The van der Waals surface area contributed by atoms with Crippen molar-refractivity contribution in [2.24, 2.45) is 5.41 Å². The van der Waals surface area contributed by atoms with Crippen LogP contribution in [0.1, 0.15) is 43.9 Å². The lowest BCUT2D eigenvalue weighted by Crippen LogP contribution is -2.43. The average molecular weight is 376 g/mol. The predicted molar refractivity (Wildman–Crippen MR) is 107 cm³/mol. The van der Waals surface area contributed by atoms with Crippen LogP contribution >= 0.6 is 0 Å². The van der Waals surface area contributed by atoms with E-state index in [2.05, 4.69) is 39.6 Å². The maximum Gasteiger partial charge on any atom is 0.319 e. The van der Waals surface area contributed by atoms with Gasteiger partial charge in [0.25, 0.3) is 0 Å². The van der Waals surface area contributed by atoms with Gasteiger partial charge in [0.05, 0.1) is 6.04 Å². The highest BCUT2D eigenvalue weighted by Gasteiger charge is 2.55. The van der Waals surface area contributed by atoms with Gasteiger partial charge in [-0.25, -0.2) is 4.79 Å². The van der Waals surface area contributed by atoms with Gasteiger partial charge in [-0.15, -0.1) is 10.2 Å². The molecule has 7 heteroatoms. The first-order chi connectivity index (χ1) is 13.5. The highest BCUT2D eigenvalue weighted by molar-refractivity contribution is 5.89. The first-order valence-corrected chi connectivity index (χ1v) is 9.65. The normalized spacial score (nSPS) is 19.5. The van der Waals surface area contributed by atoms with Crippen molar-refractivity contribution in [2.75, 3.05) is 23.3 Å². The van der Waals surface area contributed by atoms with Gasteiger partial charge in [-0.2, -0.15) is 5.26 Å². The average Bonchev–Trinajstić information content (AvgIpc) is 3.39. The number of amides is 2. The molecule has 1 saturated carbocycles. The van der Waals surface area contributed by atoms with Crippen LogP contribution in [0.3, 0.4) is 0 Å². The Balaban J connectivity index is 1.38. The van der Waals surface area contributed by atoms with Gasteiger partial charge in [0.15, 0.2) is 11.5 Å². The van der Waals surface area contributed by atoms with Crippen LogP contribution in [0.15, 0.2) is 36.4 Å². The molecule has 2 N–H and O–H groups in total. The molecule has 1 aliphatic carbocycles. The standard InChI is InChI=1S/C21H24N6O/c1-14(2)15-3-5-16(6-4-15)23-20(28)24-18-12-27(13-21(18)9-10-21)19-8-7-17(11-22)25-26-19/h3-8,14,18H,9-10,12-13H2,1-2H3,(H2,23,24,28)/t18-/m0/s1. The van der Waals surface area contributed by atoms with Crippen molar-refractivity contribution in [3.05, 3.63) is 47.7 Å². The number of carbonyl (C=O) groups is 1. The van der Waals surface area contributed by atoms with Crippen molar-refractivity contribution in [1.29, 1.82) is 5.26 Å². The molecule has 2 amide bonds. The van der Waals surface area contributed by atoms with E-state index in [4.69, 9.17) is 5.26 Å². The molecule has 1 aromatic heterocycles. The number of aromatic nitrogens is 2. The molecule has 2 aromatic rings. The molecular formula is C21H24N6O. The predicted octanol–water partition coefficient (Wildman–Crippen LogP) is 3.26. The number of anilines is 2. The Morgan fingerprint density at radius 1 is 1.21 bits per heavy atom. The number of nitrogens with one attached hydrogen (secondary N) is 2. The fourth-order valence-corrected chi connectivity index (χ4v) is 3.84. The number of carbonyl (C=O) groups excluding carboxylic acids is 1. The second-order valence-electron chi connectivity index (χ2n) is 8.06. The quantitative estimate of drug-likeness (QED) is 0.854. The van der Waals surface area contributed by atoms with Gasteiger partial charge in [0, 0.05) is 24.2 Å². The Morgan fingerprint density at radius 3 is 2.54 bits per heavy atom. The second kappa shape index (κ2) is 7.12. The maximum absolute atomic E-state index is 12.5. The minimum absolute atomic E-state index is 0.0693. The van der Waals surface area contributed by atoms with Crippen LogP contribution in [-0.2, 0) is 0 Å². The van der Waals surface area contributed by atoms with Crippen LogP contribution in [-0.4, -0.2) is 35.4 Å². The summed E-state index contributed by atoms with van der Waals surface area (Å²) in [5, 5.41) is 23.0. The van der Waals surface area contributed by atoms with Crippen molar-refractivity contribution in [3.8, 4) is 6.07 Å². The summed E-state index contributed by atoms with van der Waals surface area (Å²) in [5.74, 6) is 1.21. The molecule has 2 aliphatic rings. The summed E-state index contributed by atoms with van der Waals surface area (Å²) in [5.41, 5.74) is 2.47. The molecule has 2 heterocycles. The monoisotopic (exact) mass is 376 g/mol. The second-order valence-corrected chi connectivity index (χ2v) is 8.06. The van der Waals surface area contributed by atoms with Gasteiger partial charge in [-0.05, 0) is 48.6 Å². The van der Waals surface area contributed by atoms with E-state index < -0.39 is 0 Å². The number of nitrogens with zero attached hydrogens (tertiary/aromatic N) is 4. The number of benzene rings is 1. The van der Waals surface area contributed by atoms with Gasteiger partial charge in [0.1, 0.15) is 6.07 Å². The van der Waals surface area contributed by atoms with E-state index in [-0.39, 0.29) is 17.5 Å². The zero-order chi connectivity index (χ0) is 19.7. The number of hydrogen-bond acceptors (Lipinski definition) is 5. The van der Waals surface area contributed by atoms with E-state index in [1.165, 1.54) is 5.56 Å². The fraction of sp³-hybridized carbons (Fsp3) is 0.429. The largest absolute Gasteiger partial charge is 0.352 e. The first kappa shape index (κ1) is 18.2. The van der Waals surface area contributed by atoms with Gasteiger partial charge >= 0.3 is 6.03 Å². The topological polar surface area (TPSA) is 93.9 Å². The molecule has 144 valence electrons. The zero-order valence-corrected chi connectivity index (χ0v) is 16.1. The molecule has 2 fully saturated rings. The van der Waals surface area contributed by atoms with Crippen LogP contribution in [0.4, 0.5) is 16.3 Å². The third-order valence-electron chi connectivity index (χ3n) is 5.77. The van der Waals surface area contributed by atoms with Crippen molar-refractivity contribution < 1.29 is 4.79 Å². The van der Waals surface area contributed by atoms with Crippen molar-refractivity contribution >= 4 is 17.5 Å². The number of nitriles is 1. The molecule has 1 spiro atoms. The SMILES string of the molecule is CC(C)c1ccc(NC(=O)N[C@H]2CN(c3ccc(C#N)nn3)CC23CC3)cc1. The summed E-state index contributed by atoms with van der Waals surface area (Å²) >= 11 is 0. The Hall–Kier alpha value is -3.14. The molecule has 1 aliphatic heterocycles. The molecular weight excluding hydrogens is 352 g/mol. The van der Waals surface area contributed by atoms with Crippen LogP contribution in [0.25, 0.3) is 0 Å². The highest BCUT2D eigenvalue weighted by Crippen LogP contribution is 2.53. The minimum Gasteiger partial charge on any atom is -0.352 e. The number of urea groups is 1. The van der Waals surface area contributed by atoms with E-state index in [9.17, 15) is 4.79 Å². The van der Waals surface area contributed by atoms with Gasteiger partial charge in [-0.3, -0.25) is 0 Å². The smallest absolute Gasteiger partial charge is 0.319 e. The molecule has 1 saturated heterocycles. The maximum atomic E-state index is 12.5. The van der Waals surface area contributed by atoms with E-state index in [0.29, 0.717) is 18.2 Å². The van der Waals surface area contributed by atoms with Gasteiger partial charge in [0.2, 0.25) is 0 Å². The Morgan fingerprint density at radius 2 is 1.96 bits per heavy atom. The third kappa shape index (κ3) is 3.63. The van der Waals surface area contributed by atoms with Crippen LogP contribution in [0, 0.1) is 16.7 Å². The van der Waals surface area contributed by atoms with Crippen LogP contribution in [0.2, 0.25) is 0 Å². The third-order valence-corrected chi connectivity index (χ3v) is 5.77. The molecule has 0 radical (unpaired) electrons. The van der Waals surface area contributed by atoms with E-state index >= 15 is 0 Å². The number of rotatable bonds is 4. The summed E-state index contributed by atoms with van der Waals surface area (Å²) in [7, 11) is 0. The van der Waals surface area contributed by atoms with Gasteiger partial charge < -0.3 is 15.5 Å². The molecule has 1 aromatic carbocycles. The molecule has 4 rings (SSSR count). The Kier molecular flexibility index (Phi) is 4.63. The minimum atomic E-state index is -0.179. The lowest BCUT2D eigenvalue weighted by molar-refractivity contribution is 0.245. The van der Waals surface area contributed by atoms with Crippen molar-refractivity contribution in [2.45, 2.75) is 38.6 Å². The van der Waals surface area contributed by atoms with E-state index in [1.807, 2.05) is 36.4 Å². The highest BCUT2D eigenvalue weighted by atomic mass is 16.2. The number of hydrogen-bond donors (Lipinski definition) is 2. The van der Waals surface area contributed by atoms with E-state index in [1.54, 1.807) is 6.07 Å². The van der Waals surface area contributed by atoms with E-state index in [0.717, 1.165) is 30.9 Å². The van der Waals surface area contributed by atoms with Gasteiger partial charge in [-0.1, -0.05) is 26.0 Å². The summed E-state index contributed by atoms with van der Waals surface area (Å²) in [6.07, 6.45) is 2.20. The summed E-state index contributed by atoms with van der Waals surface area (Å²) in [4.78, 5) is 14.7. The molecule has 28 heavy (non-hydrogen) atoms. The van der Waals surface area contributed by atoms with Crippen LogP contribution in [0.5, 0.6) is 0 Å². The molecule has 1 atom stereocenters. The first-order valence-electron chi connectivity index (χ1n) is 9.65.